The zero-order valence-electron chi connectivity index (χ0n) is 22.8. The molecule has 0 aliphatic carbocycles. The molecule has 45 heavy (non-hydrogen) atoms. The molecule has 0 spiro atoms. The summed E-state index contributed by atoms with van der Waals surface area (Å²) in [4.78, 5) is 69.3. The lowest BCUT2D eigenvalue weighted by molar-refractivity contribution is -0.157. The van der Waals surface area contributed by atoms with Crippen LogP contribution in [-0.2, 0) is 24.0 Å². The number of thioether (sulfide) groups is 2. The van der Waals surface area contributed by atoms with E-state index in [2.05, 4.69) is 25.4 Å². The Labute approximate surface area is 265 Å². The van der Waals surface area contributed by atoms with Crippen LogP contribution in [0.5, 0.6) is 11.5 Å². The van der Waals surface area contributed by atoms with Crippen LogP contribution in [0.25, 0.3) is 0 Å². The number of fused-ring (bicyclic) bond motifs is 1. The van der Waals surface area contributed by atoms with Crippen LogP contribution >= 0.6 is 34.9 Å². The number of nitrogens with zero attached hydrogens (tertiary/aromatic N) is 5. The minimum atomic E-state index is -1.80. The van der Waals surface area contributed by atoms with Crippen molar-refractivity contribution in [2.24, 2.45) is 10.6 Å². The van der Waals surface area contributed by atoms with Crippen LogP contribution in [0.4, 0.5) is 10.9 Å². The van der Waals surface area contributed by atoms with Crippen LogP contribution in [0.3, 0.4) is 0 Å². The molecule has 0 bridgehead atoms. The number of thiazole rings is 1. The first-order valence-corrected chi connectivity index (χ1v) is 15.7. The lowest BCUT2D eigenvalue weighted by Crippen LogP contribution is -2.74. The second kappa shape index (κ2) is 12.7. The topological polar surface area (TPSA) is 277 Å². The van der Waals surface area contributed by atoms with E-state index in [4.69, 9.17) is 16.3 Å². The van der Waals surface area contributed by atoms with E-state index in [9.17, 15) is 39.6 Å². The summed E-state index contributed by atoms with van der Waals surface area (Å²) < 4.78 is 0. The maximum Gasteiger partial charge on any atom is 0.352 e. The van der Waals surface area contributed by atoms with Gasteiger partial charge in [0.25, 0.3) is 5.91 Å². The van der Waals surface area contributed by atoms with E-state index in [0.717, 1.165) is 23.5 Å². The maximum absolute atomic E-state index is 13.4. The largest absolute Gasteiger partial charge is 0.504 e. The fraction of sp³-hybridized carbons (Fsp3) is 0.280. The molecule has 9 N–H and O–H groups in total. The third-order valence-electron chi connectivity index (χ3n) is 6.80. The molecule has 0 radical (unpaired) electrons. The van der Waals surface area contributed by atoms with E-state index in [1.54, 1.807) is 0 Å². The van der Waals surface area contributed by atoms with Gasteiger partial charge < -0.3 is 46.9 Å². The minimum Gasteiger partial charge on any atom is -0.504 e. The molecule has 236 valence electrons. The van der Waals surface area contributed by atoms with Gasteiger partial charge in [-0.2, -0.15) is 0 Å². The highest BCUT2D eigenvalue weighted by Crippen LogP contribution is 2.44. The van der Waals surface area contributed by atoms with Crippen molar-refractivity contribution in [2.75, 3.05) is 29.5 Å². The highest BCUT2D eigenvalue weighted by atomic mass is 32.2. The maximum atomic E-state index is 13.4. The van der Waals surface area contributed by atoms with Crippen LogP contribution in [0, 0.1) is 5.41 Å². The van der Waals surface area contributed by atoms with Gasteiger partial charge >= 0.3 is 11.9 Å². The fourth-order valence-electron chi connectivity index (χ4n) is 4.42. The number of anilines is 2. The van der Waals surface area contributed by atoms with E-state index in [0.29, 0.717) is 5.03 Å². The highest BCUT2D eigenvalue weighted by Gasteiger charge is 2.57. The first-order chi connectivity index (χ1) is 21.4. The zero-order valence-corrected chi connectivity index (χ0v) is 25.2. The molecule has 2 aliphatic heterocycles. The standard InChI is InChI=1S/C25H24N8O9S3/c26-14-4-15(29-9-28-14)44-7-25(23(40)41)6-33-20(37)17(21(33)45-8-25)31-19(36)16(11-5-43-24(27)30-11)32-42-18(22(38)39)10-1-2-12(34)13(35)3-10/h1-5,9,17-18,21,34-35H,6-8H2,(H2,27,30)(H,31,36)(H,38,39)(H,40,41)(H2,26,28,29)/t17?,18-,21-,25?/m1/s1. The number of nitrogens with one attached hydrogen (secondary N) is 1. The molecule has 2 fully saturated rings. The molecule has 5 rings (SSSR count). The Morgan fingerprint density at radius 3 is 2.62 bits per heavy atom. The molecule has 4 atom stereocenters. The number of carbonyl (C=O) groups is 4. The van der Waals surface area contributed by atoms with Crippen LogP contribution in [0.15, 0.2) is 46.2 Å². The van der Waals surface area contributed by atoms with Crippen molar-refractivity contribution in [3.05, 3.63) is 47.2 Å². The first kappa shape index (κ1) is 31.6. The van der Waals surface area contributed by atoms with Gasteiger partial charge in [-0.25, -0.2) is 19.7 Å². The number of aliphatic carboxylic acids is 2. The Hall–Kier alpha value is -4.82. The molecule has 1 aromatic carbocycles. The van der Waals surface area contributed by atoms with Gasteiger partial charge in [0.1, 0.15) is 39.7 Å². The van der Waals surface area contributed by atoms with Crippen molar-refractivity contribution < 1.29 is 44.4 Å². The normalized spacial score (nSPS) is 21.7. The van der Waals surface area contributed by atoms with Crippen molar-refractivity contribution in [2.45, 2.75) is 22.5 Å². The predicted octanol–water partition coefficient (Wildman–Crippen LogP) is 0.318. The Balaban J connectivity index is 1.31. The quantitative estimate of drug-likeness (QED) is 0.0359. The molecule has 2 amide bonds. The molecule has 2 unspecified atom stereocenters. The Bertz CT molecular complexity index is 1710. The summed E-state index contributed by atoms with van der Waals surface area (Å²) in [7, 11) is 0. The van der Waals surface area contributed by atoms with E-state index in [1.165, 1.54) is 52.3 Å². The number of carbonyl (C=O) groups excluding carboxylic acids is 2. The Morgan fingerprint density at radius 2 is 1.98 bits per heavy atom. The number of aromatic nitrogens is 3. The summed E-state index contributed by atoms with van der Waals surface area (Å²) in [6.45, 7) is -0.106. The zero-order chi connectivity index (χ0) is 32.5. The molecule has 2 aliphatic rings. The number of β-lactam (4-membered cyclic amide) rings is 1. The number of benzene rings is 1. The highest BCUT2D eigenvalue weighted by molar-refractivity contribution is 8.00. The average molecular weight is 677 g/mol. The number of amides is 2. The van der Waals surface area contributed by atoms with E-state index in [1.807, 2.05) is 0 Å². The number of aromatic hydroxyl groups is 2. The van der Waals surface area contributed by atoms with Crippen molar-refractivity contribution in [3.63, 3.8) is 0 Å². The summed E-state index contributed by atoms with van der Waals surface area (Å²) in [5.74, 6) is -4.69. The van der Waals surface area contributed by atoms with Gasteiger partial charge in [0.2, 0.25) is 12.0 Å². The van der Waals surface area contributed by atoms with Crippen LogP contribution in [-0.4, -0.2) is 99.2 Å². The molecular formula is C25H24N8O9S3. The van der Waals surface area contributed by atoms with Gasteiger partial charge in [-0.3, -0.25) is 14.4 Å². The van der Waals surface area contributed by atoms with E-state index in [-0.39, 0.29) is 40.3 Å². The average Bonchev–Trinajstić information content (AvgIpc) is 3.43. The molecule has 20 heteroatoms. The molecule has 0 saturated carbocycles. The van der Waals surface area contributed by atoms with E-state index >= 15 is 0 Å². The van der Waals surface area contributed by atoms with Gasteiger partial charge in [0.05, 0.1) is 0 Å². The van der Waals surface area contributed by atoms with Gasteiger partial charge in [-0.1, -0.05) is 11.2 Å². The second-order valence-corrected chi connectivity index (χ2v) is 12.8. The van der Waals surface area contributed by atoms with Gasteiger partial charge in [-0.15, -0.1) is 34.9 Å². The number of carboxylic acids is 2. The number of hydrogen-bond acceptors (Lipinski definition) is 16. The summed E-state index contributed by atoms with van der Waals surface area (Å²) in [5, 5.41) is 46.8. The minimum absolute atomic E-state index is 0.0557. The second-order valence-electron chi connectivity index (χ2n) is 9.86. The fourth-order valence-corrected chi connectivity index (χ4v) is 7.70. The number of nitrogens with two attached hydrogens (primary N) is 2. The summed E-state index contributed by atoms with van der Waals surface area (Å²) in [6, 6.07) is 3.68. The number of oxime groups is 1. The monoisotopic (exact) mass is 676 g/mol. The third kappa shape index (κ3) is 6.51. The Kier molecular flexibility index (Phi) is 8.89. The van der Waals surface area contributed by atoms with Crippen LogP contribution in [0.2, 0.25) is 0 Å². The van der Waals surface area contributed by atoms with Crippen molar-refractivity contribution in [3.8, 4) is 11.5 Å². The van der Waals surface area contributed by atoms with Gasteiger partial charge in [0.15, 0.2) is 22.3 Å². The van der Waals surface area contributed by atoms with Gasteiger partial charge in [-0.05, 0) is 12.1 Å². The van der Waals surface area contributed by atoms with Crippen molar-refractivity contribution in [1.29, 1.82) is 0 Å². The van der Waals surface area contributed by atoms with E-state index < -0.39 is 63.9 Å². The Morgan fingerprint density at radius 1 is 1.20 bits per heavy atom. The summed E-state index contributed by atoms with van der Waals surface area (Å²) in [5.41, 5.74) is 9.47. The molecule has 4 heterocycles. The third-order valence-corrected chi connectivity index (χ3v) is 10.3. The number of hydrogen-bond donors (Lipinski definition) is 7. The predicted molar refractivity (Wildman–Crippen MR) is 161 cm³/mol. The first-order valence-electron chi connectivity index (χ1n) is 12.7. The SMILES string of the molecule is Nc1cc(SCC2(C(=O)O)CS[C@@H]3C(NC(=O)C(=NO[C@@H](C(=O)O)c4ccc(O)c(O)c4)c4csc(N)n4)C(=O)N3C2)ncn1. The van der Waals surface area contributed by atoms with Crippen LogP contribution in [0.1, 0.15) is 17.4 Å². The molecule has 17 nitrogen and oxygen atoms in total. The number of phenols is 2. The lowest BCUT2D eigenvalue weighted by Gasteiger charge is -2.53. The number of carboxylic acid groups (broad SMARTS) is 2. The number of nitrogen functional groups attached to an aromatic ring is 2. The molecule has 3 aromatic rings. The molecule has 2 aromatic heterocycles. The van der Waals surface area contributed by atoms with Gasteiger partial charge in [0, 0.05) is 35.1 Å². The summed E-state index contributed by atoms with van der Waals surface area (Å²) >= 11 is 3.34. The number of rotatable bonds is 11. The summed E-state index contributed by atoms with van der Waals surface area (Å²) in [6.07, 6.45) is -0.531. The van der Waals surface area contributed by atoms with Crippen LogP contribution < -0.4 is 16.8 Å². The smallest absolute Gasteiger partial charge is 0.352 e. The van der Waals surface area contributed by atoms with Crippen molar-refractivity contribution >= 4 is 75.3 Å². The van der Waals surface area contributed by atoms with Crippen molar-refractivity contribution in [1.82, 2.24) is 25.2 Å². The molecular weight excluding hydrogens is 653 g/mol. The molecule has 2 saturated heterocycles. The lowest BCUT2D eigenvalue weighted by atomic mass is 9.89. The number of phenolic OH excluding ortho intramolecular Hbond substituents is 2.